The minimum absolute atomic E-state index is 0.0126. The van der Waals surface area contributed by atoms with Gasteiger partial charge in [-0.2, -0.15) is 0 Å². The molecule has 0 aromatic rings. The molecule has 0 radical (unpaired) electrons. The molecule has 6 heteroatoms. The molecule has 0 aliphatic carbocycles. The summed E-state index contributed by atoms with van der Waals surface area (Å²) < 4.78 is 5.50. The second kappa shape index (κ2) is 68.8. The van der Waals surface area contributed by atoms with Crippen molar-refractivity contribution in [2.75, 3.05) is 13.2 Å². The fraction of sp³-hybridized carbons (Fsp3) is 0.918. The van der Waals surface area contributed by atoms with Gasteiger partial charge in [0.15, 0.2) is 0 Å². The van der Waals surface area contributed by atoms with Crippen LogP contribution >= 0.6 is 0 Å². The van der Waals surface area contributed by atoms with Gasteiger partial charge in [0.2, 0.25) is 5.91 Å². The molecule has 0 aliphatic rings. The molecule has 2 atom stereocenters. The summed E-state index contributed by atoms with van der Waals surface area (Å²) in [6.45, 7) is 4.99. The molecular weight excluding hydrogens is 971 g/mol. The number of ether oxygens (including phenoxy) is 1. The third-order valence-electron chi connectivity index (χ3n) is 17.0. The monoisotopic (exact) mass is 1110 g/mol. The van der Waals surface area contributed by atoms with Gasteiger partial charge in [-0.25, -0.2) is 0 Å². The number of rotatable bonds is 68. The average molecular weight is 1110 g/mol. The zero-order chi connectivity index (χ0) is 57.1. The van der Waals surface area contributed by atoms with Gasteiger partial charge in [-0.15, -0.1) is 0 Å². The molecule has 2 unspecified atom stereocenters. The second-order valence-corrected chi connectivity index (χ2v) is 24.9. The molecular formula is C73H141NO5. The molecule has 0 aromatic heterocycles. The van der Waals surface area contributed by atoms with Crippen molar-refractivity contribution in [2.24, 2.45) is 0 Å². The molecule has 3 N–H and O–H groups in total. The van der Waals surface area contributed by atoms with Crippen LogP contribution in [0, 0.1) is 0 Å². The number of unbranched alkanes of at least 4 members (excludes halogenated alkanes) is 53. The summed E-state index contributed by atoms with van der Waals surface area (Å²) in [5.74, 6) is -0.0193. The van der Waals surface area contributed by atoms with E-state index in [1.165, 1.54) is 327 Å². The lowest BCUT2D eigenvalue weighted by Gasteiger charge is -2.22. The molecule has 0 fully saturated rings. The third kappa shape index (κ3) is 65.4. The Morgan fingerprint density at radius 1 is 0.342 bits per heavy atom. The Morgan fingerprint density at radius 3 is 0.899 bits per heavy atom. The number of carbonyl (C=O) groups is 2. The highest BCUT2D eigenvalue weighted by Crippen LogP contribution is 2.19. The van der Waals surface area contributed by atoms with Crippen molar-refractivity contribution < 1.29 is 24.5 Å². The molecule has 0 saturated carbocycles. The number of hydrogen-bond acceptors (Lipinski definition) is 5. The first kappa shape index (κ1) is 77.3. The number of nitrogens with one attached hydrogen (secondary N) is 1. The van der Waals surface area contributed by atoms with E-state index in [0.717, 1.165) is 44.9 Å². The summed E-state index contributed by atoms with van der Waals surface area (Å²) >= 11 is 0. The third-order valence-corrected chi connectivity index (χ3v) is 17.0. The van der Waals surface area contributed by atoms with Gasteiger partial charge in [0.25, 0.3) is 0 Å². The number of allylic oxidation sites excluding steroid dienone is 4. The summed E-state index contributed by atoms with van der Waals surface area (Å²) in [4.78, 5) is 24.6. The van der Waals surface area contributed by atoms with Gasteiger partial charge in [-0.05, 0) is 77.0 Å². The van der Waals surface area contributed by atoms with E-state index in [1.54, 1.807) is 0 Å². The van der Waals surface area contributed by atoms with Gasteiger partial charge in [0.1, 0.15) is 0 Å². The zero-order valence-corrected chi connectivity index (χ0v) is 53.6. The Labute approximate surface area is 494 Å². The minimum atomic E-state index is -0.665. The molecule has 0 bridgehead atoms. The first-order valence-electron chi connectivity index (χ1n) is 36.1. The standard InChI is InChI=1S/C73H141NO5/c1-3-5-7-9-11-13-15-17-19-21-34-37-41-45-49-53-57-61-65-71(76)70(69-75)74-72(77)66-62-58-54-50-46-42-38-35-31-29-27-25-23-22-24-26-28-30-32-36-40-44-48-52-56-60-64-68-79-73(78)67-63-59-55-51-47-43-39-33-20-18-16-14-12-10-8-6-4-2/h18,20,22-23,70-71,75-76H,3-17,19,21,24-69H2,1-2H3,(H,74,77)/b20-18-,23-22-. The minimum Gasteiger partial charge on any atom is -0.466 e. The fourth-order valence-corrected chi connectivity index (χ4v) is 11.5. The van der Waals surface area contributed by atoms with Gasteiger partial charge in [0.05, 0.1) is 25.4 Å². The van der Waals surface area contributed by atoms with Crippen LogP contribution in [0.25, 0.3) is 0 Å². The van der Waals surface area contributed by atoms with Crippen molar-refractivity contribution >= 4 is 11.9 Å². The normalized spacial score (nSPS) is 12.6. The average Bonchev–Trinajstić information content (AvgIpc) is 3.45. The first-order valence-corrected chi connectivity index (χ1v) is 36.1. The largest absolute Gasteiger partial charge is 0.466 e. The lowest BCUT2D eigenvalue weighted by atomic mass is 10.0. The zero-order valence-electron chi connectivity index (χ0n) is 53.6. The van der Waals surface area contributed by atoms with Crippen LogP contribution in [0.4, 0.5) is 0 Å². The van der Waals surface area contributed by atoms with Crippen LogP contribution in [0.3, 0.4) is 0 Å². The number of hydrogen-bond donors (Lipinski definition) is 3. The Morgan fingerprint density at radius 2 is 0.595 bits per heavy atom. The van der Waals surface area contributed by atoms with Crippen LogP contribution in [-0.2, 0) is 14.3 Å². The summed E-state index contributed by atoms with van der Waals surface area (Å²) in [6, 6.07) is -0.542. The molecule has 468 valence electrons. The molecule has 0 heterocycles. The maximum absolute atomic E-state index is 12.5. The lowest BCUT2D eigenvalue weighted by Crippen LogP contribution is -2.45. The van der Waals surface area contributed by atoms with Gasteiger partial charge in [0, 0.05) is 12.8 Å². The summed E-state index contributed by atoms with van der Waals surface area (Å²) in [5.41, 5.74) is 0. The van der Waals surface area contributed by atoms with Crippen molar-refractivity contribution in [2.45, 2.75) is 418 Å². The molecule has 0 aliphatic heterocycles. The smallest absolute Gasteiger partial charge is 0.305 e. The molecule has 0 aromatic carbocycles. The molecule has 1 amide bonds. The van der Waals surface area contributed by atoms with Gasteiger partial charge in [-0.3, -0.25) is 9.59 Å². The molecule has 79 heavy (non-hydrogen) atoms. The van der Waals surface area contributed by atoms with Crippen LogP contribution in [-0.4, -0.2) is 47.4 Å². The van der Waals surface area contributed by atoms with E-state index >= 15 is 0 Å². The quantitative estimate of drug-likeness (QED) is 0.0320. The van der Waals surface area contributed by atoms with Crippen molar-refractivity contribution in [3.63, 3.8) is 0 Å². The molecule has 0 saturated heterocycles. The van der Waals surface area contributed by atoms with E-state index in [1.807, 2.05) is 0 Å². The van der Waals surface area contributed by atoms with E-state index in [-0.39, 0.29) is 18.5 Å². The Kier molecular flexibility index (Phi) is 67.4. The topological polar surface area (TPSA) is 95.9 Å². The highest BCUT2D eigenvalue weighted by Gasteiger charge is 2.20. The summed E-state index contributed by atoms with van der Waals surface area (Å²) in [6.07, 6.45) is 86.6. The number of aliphatic hydroxyl groups excluding tert-OH is 2. The van der Waals surface area contributed by atoms with Crippen LogP contribution in [0.5, 0.6) is 0 Å². The lowest BCUT2D eigenvalue weighted by molar-refractivity contribution is -0.143. The van der Waals surface area contributed by atoms with Crippen LogP contribution in [0.2, 0.25) is 0 Å². The van der Waals surface area contributed by atoms with Crippen molar-refractivity contribution in [3.05, 3.63) is 24.3 Å². The number of amides is 1. The SMILES string of the molecule is CCCCCCCC/C=C\CCCCCCCCCC(=O)OCCCCCCCCCCCCCC/C=C\CCCCCCCCCCCCCC(=O)NC(CO)C(O)CCCCCCCCCCCCCCCCCCCC. The number of aliphatic hydroxyl groups is 2. The maximum Gasteiger partial charge on any atom is 0.305 e. The Bertz CT molecular complexity index is 1230. The molecule has 0 rings (SSSR count). The summed E-state index contributed by atoms with van der Waals surface area (Å²) in [7, 11) is 0. The summed E-state index contributed by atoms with van der Waals surface area (Å²) in [5, 5.41) is 23.4. The van der Waals surface area contributed by atoms with Gasteiger partial charge in [-0.1, -0.05) is 340 Å². The van der Waals surface area contributed by atoms with E-state index in [2.05, 4.69) is 43.5 Å². The van der Waals surface area contributed by atoms with E-state index in [4.69, 9.17) is 4.74 Å². The van der Waals surface area contributed by atoms with Crippen LogP contribution < -0.4 is 5.32 Å². The van der Waals surface area contributed by atoms with E-state index < -0.39 is 12.1 Å². The molecule has 6 nitrogen and oxygen atoms in total. The second-order valence-electron chi connectivity index (χ2n) is 24.9. The Balaban J connectivity index is 3.37. The number of carbonyl (C=O) groups excluding carboxylic acids is 2. The fourth-order valence-electron chi connectivity index (χ4n) is 11.5. The van der Waals surface area contributed by atoms with E-state index in [9.17, 15) is 19.8 Å². The number of esters is 1. The predicted octanol–water partition coefficient (Wildman–Crippen LogP) is 23.3. The predicted molar refractivity (Wildman–Crippen MR) is 347 cm³/mol. The van der Waals surface area contributed by atoms with Crippen LogP contribution in [0.15, 0.2) is 24.3 Å². The molecule has 0 spiro atoms. The van der Waals surface area contributed by atoms with E-state index in [0.29, 0.717) is 25.9 Å². The first-order chi connectivity index (χ1) is 39.0. The van der Waals surface area contributed by atoms with Gasteiger partial charge >= 0.3 is 5.97 Å². The van der Waals surface area contributed by atoms with Crippen molar-refractivity contribution in [1.82, 2.24) is 5.32 Å². The van der Waals surface area contributed by atoms with Crippen molar-refractivity contribution in [1.29, 1.82) is 0 Å². The maximum atomic E-state index is 12.5. The Hall–Kier alpha value is -1.66. The highest BCUT2D eigenvalue weighted by molar-refractivity contribution is 5.76. The van der Waals surface area contributed by atoms with Crippen molar-refractivity contribution in [3.8, 4) is 0 Å². The van der Waals surface area contributed by atoms with Crippen LogP contribution in [0.1, 0.15) is 406 Å². The van der Waals surface area contributed by atoms with Gasteiger partial charge < -0.3 is 20.3 Å². The highest BCUT2D eigenvalue weighted by atomic mass is 16.5.